The van der Waals surface area contributed by atoms with E-state index in [1.165, 1.54) is 0 Å². The van der Waals surface area contributed by atoms with Gasteiger partial charge in [-0.3, -0.25) is 23.8 Å². The van der Waals surface area contributed by atoms with Crippen molar-refractivity contribution in [3.8, 4) is 35.2 Å². The second kappa shape index (κ2) is 29.6. The van der Waals surface area contributed by atoms with Crippen molar-refractivity contribution in [3.63, 3.8) is 0 Å². The van der Waals surface area contributed by atoms with E-state index < -0.39 is 14.7 Å². The van der Waals surface area contributed by atoms with Gasteiger partial charge in [-0.25, -0.2) is 15.0 Å². The van der Waals surface area contributed by atoms with E-state index in [2.05, 4.69) is 94.1 Å². The van der Waals surface area contributed by atoms with E-state index >= 15 is 0 Å². The third kappa shape index (κ3) is 17.2. The SMILES string of the molecule is CCOPc1cc(C#Cc2ccc(OC)c(N(CC)CC)c2)cc(CN2CCN(Cc3cccc(P(C)(=O)OCC)n3)CCN(Cc3cc(C#Cc4ccc(OC)c(N(CC)CC)c4)cc(P(C)(=O)OCC)n3)CC2)n1. The topological polar surface area (TPSA) is 135 Å². The van der Waals surface area contributed by atoms with Crippen LogP contribution in [0.2, 0.25) is 0 Å². The molecule has 1 saturated heterocycles. The molecule has 1 aliphatic rings. The molecular formula is C58H79N8O7P3. The van der Waals surface area contributed by atoms with Crippen molar-refractivity contribution in [2.24, 2.45) is 0 Å². The monoisotopic (exact) mass is 1090 g/mol. The number of pyridine rings is 3. The summed E-state index contributed by atoms with van der Waals surface area (Å²) in [6.45, 7) is 28.0. The van der Waals surface area contributed by atoms with Crippen LogP contribution < -0.4 is 35.6 Å². The minimum Gasteiger partial charge on any atom is -0.495 e. The second-order valence-corrected chi connectivity index (χ2v) is 24.3. The van der Waals surface area contributed by atoms with Crippen LogP contribution in [-0.2, 0) is 42.3 Å². The van der Waals surface area contributed by atoms with Gasteiger partial charge < -0.3 is 32.8 Å². The van der Waals surface area contributed by atoms with Crippen molar-refractivity contribution in [2.45, 2.75) is 68.1 Å². The predicted molar refractivity (Wildman–Crippen MR) is 313 cm³/mol. The van der Waals surface area contributed by atoms with Gasteiger partial charge in [0.05, 0.1) is 70.1 Å². The quantitative estimate of drug-likeness (QED) is 0.0456. The molecule has 0 amide bonds. The van der Waals surface area contributed by atoms with Gasteiger partial charge in [0, 0.05) is 127 Å². The van der Waals surface area contributed by atoms with Crippen LogP contribution in [0.15, 0.2) is 78.9 Å². The van der Waals surface area contributed by atoms with E-state index in [-0.39, 0.29) is 15.4 Å². The van der Waals surface area contributed by atoms with Crippen LogP contribution in [0.5, 0.6) is 11.5 Å². The number of benzene rings is 2. The van der Waals surface area contributed by atoms with Gasteiger partial charge >= 0.3 is 0 Å². The Balaban J connectivity index is 1.34. The fraction of sp³-hybridized carbons (Fsp3) is 0.466. The van der Waals surface area contributed by atoms with Crippen molar-refractivity contribution in [1.29, 1.82) is 0 Å². The Morgan fingerprint density at radius 2 is 0.947 bits per heavy atom. The standard InChI is InChI=1S/C58H79N8O7P3/c1-12-65(13-2)52-38-45(26-28-54(52)69-8)22-24-47-36-50(59-56(40-47)74-71-16-5)43-63-32-30-62(42-49-20-19-21-57(60-49)75(10,67)72-17-6)31-33-64(35-34-63)44-51-37-48(41-58(61-51)76(11,68)73-18-7)25-23-46-27-29-55(70-9)53(39-46)66(14-3)15-4/h19-21,26-29,36-41,74H,12-18,30-35,42-44H2,1-11H3. The molecule has 0 saturated carbocycles. The lowest BCUT2D eigenvalue weighted by Crippen LogP contribution is -2.36. The molecule has 3 aromatic heterocycles. The molecule has 2 aromatic carbocycles. The molecule has 1 fully saturated rings. The minimum atomic E-state index is -3.28. The number of anilines is 2. The highest BCUT2D eigenvalue weighted by Gasteiger charge is 2.25. The van der Waals surface area contributed by atoms with Crippen LogP contribution in [0.4, 0.5) is 11.4 Å². The molecule has 18 heteroatoms. The fourth-order valence-electron chi connectivity index (χ4n) is 9.07. The summed E-state index contributed by atoms with van der Waals surface area (Å²) < 4.78 is 56.5. The van der Waals surface area contributed by atoms with E-state index in [0.29, 0.717) is 55.8 Å². The zero-order valence-corrected chi connectivity index (χ0v) is 49.4. The number of nitrogens with zero attached hydrogens (tertiary/aromatic N) is 8. The van der Waals surface area contributed by atoms with E-state index in [1.54, 1.807) is 39.7 Å². The first-order valence-electron chi connectivity index (χ1n) is 26.6. The maximum absolute atomic E-state index is 14.1. The second-order valence-electron chi connectivity index (χ2n) is 18.4. The number of ether oxygens (including phenoxy) is 2. The summed E-state index contributed by atoms with van der Waals surface area (Å²) in [7, 11) is -2.91. The molecule has 15 nitrogen and oxygen atoms in total. The Bertz CT molecular complexity index is 2930. The molecule has 1 aliphatic heterocycles. The van der Waals surface area contributed by atoms with Crippen molar-refractivity contribution in [2.75, 3.05) is 123 Å². The fourth-order valence-corrected chi connectivity index (χ4v) is 12.4. The average molecular weight is 1090 g/mol. The summed E-state index contributed by atoms with van der Waals surface area (Å²) >= 11 is 0. The zero-order chi connectivity index (χ0) is 54.7. The lowest BCUT2D eigenvalue weighted by atomic mass is 10.1. The van der Waals surface area contributed by atoms with Gasteiger partial charge in [-0.2, -0.15) is 0 Å². The highest BCUT2D eigenvalue weighted by atomic mass is 31.2. The van der Waals surface area contributed by atoms with Crippen LogP contribution in [0.1, 0.15) is 87.8 Å². The summed E-state index contributed by atoms with van der Waals surface area (Å²) in [5, 5.41) is 0. The molecule has 3 atom stereocenters. The van der Waals surface area contributed by atoms with E-state index in [0.717, 1.165) is 121 Å². The third-order valence-electron chi connectivity index (χ3n) is 13.1. The lowest BCUT2D eigenvalue weighted by Gasteiger charge is -2.26. The normalized spacial score (nSPS) is 15.3. The van der Waals surface area contributed by atoms with E-state index in [1.807, 2.05) is 69.3 Å². The van der Waals surface area contributed by atoms with Crippen LogP contribution in [-0.4, -0.2) is 142 Å². The summed E-state index contributed by atoms with van der Waals surface area (Å²) in [6.07, 6.45) is 0. The van der Waals surface area contributed by atoms with Crippen molar-refractivity contribution >= 4 is 51.2 Å². The lowest BCUT2D eigenvalue weighted by molar-refractivity contribution is 0.207. The first kappa shape index (κ1) is 60.1. The minimum absolute atomic E-state index is 0.0796. The zero-order valence-electron chi connectivity index (χ0n) is 46.6. The maximum Gasteiger partial charge on any atom is 0.247 e. The Kier molecular flexibility index (Phi) is 23.4. The van der Waals surface area contributed by atoms with Gasteiger partial charge in [-0.05, 0) is 121 Å². The summed E-state index contributed by atoms with van der Waals surface area (Å²) in [5.74, 6) is 15.3. The molecule has 408 valence electrons. The van der Waals surface area contributed by atoms with Gasteiger partial charge in [0.2, 0.25) is 14.7 Å². The Hall–Kier alpha value is -5.14. The summed E-state index contributed by atoms with van der Waals surface area (Å²) in [4.78, 5) is 26.8. The number of methoxy groups -OCH3 is 2. The number of hydrogen-bond donors (Lipinski definition) is 0. The first-order valence-corrected chi connectivity index (χ1v) is 31.6. The third-order valence-corrected chi connectivity index (χ3v) is 17.6. The van der Waals surface area contributed by atoms with Gasteiger partial charge in [0.1, 0.15) is 22.4 Å². The van der Waals surface area contributed by atoms with Crippen LogP contribution in [0.25, 0.3) is 0 Å². The highest BCUT2D eigenvalue weighted by molar-refractivity contribution is 7.66. The molecule has 0 radical (unpaired) electrons. The highest BCUT2D eigenvalue weighted by Crippen LogP contribution is 2.41. The van der Waals surface area contributed by atoms with Gasteiger partial charge in [-0.1, -0.05) is 29.7 Å². The Labute approximate surface area is 455 Å². The smallest absolute Gasteiger partial charge is 0.247 e. The number of rotatable bonds is 23. The molecule has 76 heavy (non-hydrogen) atoms. The number of hydrogen-bond acceptors (Lipinski definition) is 15. The van der Waals surface area contributed by atoms with Crippen molar-refractivity contribution in [3.05, 3.63) is 118 Å². The van der Waals surface area contributed by atoms with Gasteiger partial charge in [-0.15, -0.1) is 0 Å². The maximum atomic E-state index is 14.1. The molecule has 6 rings (SSSR count). The van der Waals surface area contributed by atoms with Crippen LogP contribution in [0.3, 0.4) is 0 Å². The average Bonchev–Trinajstić information content (AvgIpc) is 3.50. The molecule has 4 heterocycles. The Morgan fingerprint density at radius 3 is 1.41 bits per heavy atom. The van der Waals surface area contributed by atoms with Crippen LogP contribution >= 0.6 is 23.5 Å². The largest absolute Gasteiger partial charge is 0.495 e. The summed E-state index contributed by atoms with van der Waals surface area (Å²) in [5.41, 5.74) is 9.49. The van der Waals surface area contributed by atoms with Crippen molar-refractivity contribution < 1.29 is 32.2 Å². The molecule has 0 aliphatic carbocycles. The molecule has 0 bridgehead atoms. The molecule has 0 spiro atoms. The molecule has 0 N–H and O–H groups in total. The molecular weight excluding hydrogens is 1010 g/mol. The number of aromatic nitrogens is 3. The molecule has 3 unspecified atom stereocenters. The first-order chi connectivity index (χ1) is 36.7. The summed E-state index contributed by atoms with van der Waals surface area (Å²) in [6, 6.07) is 25.7. The van der Waals surface area contributed by atoms with E-state index in [9.17, 15) is 9.13 Å². The van der Waals surface area contributed by atoms with Gasteiger partial charge in [0.15, 0.2) is 0 Å². The van der Waals surface area contributed by atoms with Crippen molar-refractivity contribution in [1.82, 2.24) is 29.7 Å². The van der Waals surface area contributed by atoms with Crippen LogP contribution in [0, 0.1) is 23.7 Å². The predicted octanol–water partition coefficient (Wildman–Crippen LogP) is 8.60. The van der Waals surface area contributed by atoms with E-state index in [4.69, 9.17) is 38.0 Å². The van der Waals surface area contributed by atoms with Gasteiger partial charge in [0.25, 0.3) is 0 Å². The Morgan fingerprint density at radius 1 is 0.513 bits per heavy atom. The molecule has 5 aromatic rings.